The number of hydrogen-bond acceptors (Lipinski definition) is 3. The molecule has 1 aliphatic rings. The molecule has 0 saturated carbocycles. The van der Waals surface area contributed by atoms with Crippen molar-refractivity contribution in [1.82, 2.24) is 0 Å². The Bertz CT molecular complexity index is 443. The Balaban J connectivity index is 2.38. The van der Waals surface area contributed by atoms with E-state index in [1.807, 2.05) is 0 Å². The normalized spacial score (nSPS) is 15.9. The van der Waals surface area contributed by atoms with Crippen molar-refractivity contribution >= 4 is 24.2 Å². The first kappa shape index (κ1) is 11.4. The molecule has 16 heavy (non-hydrogen) atoms. The molecule has 6 heteroatoms. The van der Waals surface area contributed by atoms with Crippen LogP contribution < -0.4 is 5.46 Å². The molecule has 0 aliphatic carbocycles. The molecule has 1 saturated heterocycles. The molecule has 2 rings (SSSR count). The molecule has 1 fully saturated rings. The van der Waals surface area contributed by atoms with Gasteiger partial charge < -0.3 is 9.31 Å². The SMILES string of the molecule is N#Cc1c(Cl)ccc(B2OCCCO2)c1F. The van der Waals surface area contributed by atoms with Crippen molar-refractivity contribution in [3.63, 3.8) is 0 Å². The Kier molecular flexibility index (Phi) is 3.44. The molecule has 0 bridgehead atoms. The summed E-state index contributed by atoms with van der Waals surface area (Å²) < 4.78 is 24.4. The zero-order valence-electron chi connectivity index (χ0n) is 8.37. The molecule has 0 atom stereocenters. The molecule has 0 amide bonds. The summed E-state index contributed by atoms with van der Waals surface area (Å²) in [5, 5.41) is 8.86. The molecule has 1 aromatic rings. The van der Waals surface area contributed by atoms with E-state index in [0.717, 1.165) is 6.42 Å². The lowest BCUT2D eigenvalue weighted by Gasteiger charge is -2.20. The molecular formula is C10H8BClFNO2. The molecule has 82 valence electrons. The lowest BCUT2D eigenvalue weighted by atomic mass is 9.77. The van der Waals surface area contributed by atoms with Gasteiger partial charge in [-0.3, -0.25) is 0 Å². The van der Waals surface area contributed by atoms with Gasteiger partial charge in [-0.15, -0.1) is 0 Å². The van der Waals surface area contributed by atoms with Crippen molar-refractivity contribution in [3.05, 3.63) is 28.5 Å². The second kappa shape index (κ2) is 4.83. The van der Waals surface area contributed by atoms with Crippen LogP contribution in [0, 0.1) is 17.1 Å². The van der Waals surface area contributed by atoms with Gasteiger partial charge >= 0.3 is 7.12 Å². The fourth-order valence-electron chi connectivity index (χ4n) is 1.52. The number of benzene rings is 1. The third-order valence-electron chi connectivity index (χ3n) is 2.31. The van der Waals surface area contributed by atoms with Gasteiger partial charge in [0, 0.05) is 18.7 Å². The highest BCUT2D eigenvalue weighted by Crippen LogP contribution is 2.17. The number of rotatable bonds is 1. The first-order chi connectivity index (χ1) is 7.74. The summed E-state index contributed by atoms with van der Waals surface area (Å²) >= 11 is 5.70. The quantitative estimate of drug-likeness (QED) is 0.697. The zero-order chi connectivity index (χ0) is 11.5. The van der Waals surface area contributed by atoms with Crippen molar-refractivity contribution < 1.29 is 13.7 Å². The lowest BCUT2D eigenvalue weighted by Crippen LogP contribution is -2.42. The van der Waals surface area contributed by atoms with E-state index in [9.17, 15) is 4.39 Å². The largest absolute Gasteiger partial charge is 0.496 e. The first-order valence-electron chi connectivity index (χ1n) is 4.85. The summed E-state index contributed by atoms with van der Waals surface area (Å²) in [4.78, 5) is 0. The van der Waals surface area contributed by atoms with E-state index >= 15 is 0 Å². The van der Waals surface area contributed by atoms with Crippen LogP contribution in [0.5, 0.6) is 0 Å². The van der Waals surface area contributed by atoms with Crippen molar-refractivity contribution in [2.45, 2.75) is 6.42 Å². The van der Waals surface area contributed by atoms with Gasteiger partial charge in [0.2, 0.25) is 0 Å². The second-order valence-electron chi connectivity index (χ2n) is 3.36. The molecule has 0 radical (unpaired) electrons. The summed E-state index contributed by atoms with van der Waals surface area (Å²) in [6, 6.07) is 4.68. The number of halogens is 2. The maximum absolute atomic E-state index is 13.9. The average Bonchev–Trinajstić information content (AvgIpc) is 2.31. The van der Waals surface area contributed by atoms with Gasteiger partial charge in [0.1, 0.15) is 17.4 Å². The molecule has 1 heterocycles. The van der Waals surface area contributed by atoms with Gasteiger partial charge in [0.15, 0.2) is 0 Å². The van der Waals surface area contributed by atoms with Crippen molar-refractivity contribution in [1.29, 1.82) is 5.26 Å². The van der Waals surface area contributed by atoms with Crippen molar-refractivity contribution in [2.75, 3.05) is 13.2 Å². The second-order valence-corrected chi connectivity index (χ2v) is 3.77. The Labute approximate surface area is 97.9 Å². The van der Waals surface area contributed by atoms with Gasteiger partial charge in [-0.2, -0.15) is 5.26 Å². The van der Waals surface area contributed by atoms with Crippen LogP contribution in [0.1, 0.15) is 12.0 Å². The van der Waals surface area contributed by atoms with E-state index in [2.05, 4.69) is 0 Å². The zero-order valence-corrected chi connectivity index (χ0v) is 9.13. The molecule has 0 unspecified atom stereocenters. The summed E-state index contributed by atoms with van der Waals surface area (Å²) in [6.45, 7) is 1.04. The van der Waals surface area contributed by atoms with Gasteiger partial charge in [0.25, 0.3) is 0 Å². The minimum atomic E-state index is -0.738. The Morgan fingerprint density at radius 2 is 2.06 bits per heavy atom. The standard InChI is InChI=1S/C10H8BClFNO2/c12-9-3-2-8(10(13)7(9)6-14)11-15-4-1-5-16-11/h2-3H,1,4-5H2. The fraction of sp³-hybridized carbons (Fsp3) is 0.300. The maximum atomic E-state index is 13.9. The highest BCUT2D eigenvalue weighted by Gasteiger charge is 2.29. The highest BCUT2D eigenvalue weighted by atomic mass is 35.5. The van der Waals surface area contributed by atoms with Crippen LogP contribution in [0.15, 0.2) is 12.1 Å². The van der Waals surface area contributed by atoms with E-state index in [0.29, 0.717) is 13.2 Å². The van der Waals surface area contributed by atoms with E-state index in [-0.39, 0.29) is 16.0 Å². The minimum Gasteiger partial charge on any atom is -0.407 e. The predicted molar refractivity (Wildman–Crippen MR) is 58.0 cm³/mol. The maximum Gasteiger partial charge on any atom is 0.496 e. The highest BCUT2D eigenvalue weighted by molar-refractivity contribution is 6.61. The lowest BCUT2D eigenvalue weighted by molar-refractivity contribution is 0.143. The number of nitrogens with zero attached hydrogens (tertiary/aromatic N) is 1. The van der Waals surface area contributed by atoms with Crippen LogP contribution in [0.2, 0.25) is 5.02 Å². The smallest absolute Gasteiger partial charge is 0.407 e. The van der Waals surface area contributed by atoms with Crippen molar-refractivity contribution in [2.24, 2.45) is 0 Å². The first-order valence-corrected chi connectivity index (χ1v) is 5.23. The van der Waals surface area contributed by atoms with Crippen LogP contribution in [0.25, 0.3) is 0 Å². The predicted octanol–water partition coefficient (Wildman–Crippen LogP) is 1.48. The Morgan fingerprint density at radius 3 is 2.69 bits per heavy atom. The molecule has 0 N–H and O–H groups in total. The molecule has 0 spiro atoms. The third kappa shape index (κ3) is 2.05. The Morgan fingerprint density at radius 1 is 1.38 bits per heavy atom. The van der Waals surface area contributed by atoms with Gasteiger partial charge in [-0.05, 0) is 12.5 Å². The topological polar surface area (TPSA) is 42.2 Å². The van der Waals surface area contributed by atoms with Crippen LogP contribution in [0.3, 0.4) is 0 Å². The van der Waals surface area contributed by atoms with Crippen LogP contribution in [-0.2, 0) is 9.31 Å². The van der Waals surface area contributed by atoms with Crippen LogP contribution in [-0.4, -0.2) is 20.3 Å². The van der Waals surface area contributed by atoms with Gasteiger partial charge in [-0.25, -0.2) is 4.39 Å². The van der Waals surface area contributed by atoms with Gasteiger partial charge in [0.05, 0.1) is 5.02 Å². The van der Waals surface area contributed by atoms with E-state index < -0.39 is 12.9 Å². The average molecular weight is 239 g/mol. The number of hydrogen-bond donors (Lipinski definition) is 0. The van der Waals surface area contributed by atoms with E-state index in [1.165, 1.54) is 12.1 Å². The minimum absolute atomic E-state index is 0.0968. The molecule has 0 aromatic heterocycles. The molecular weight excluding hydrogens is 231 g/mol. The summed E-state index contributed by atoms with van der Waals surface area (Å²) in [7, 11) is -0.738. The molecule has 1 aromatic carbocycles. The fourth-order valence-corrected chi connectivity index (χ4v) is 1.71. The Hall–Kier alpha value is -1.09. The van der Waals surface area contributed by atoms with Crippen LogP contribution >= 0.6 is 11.6 Å². The monoisotopic (exact) mass is 239 g/mol. The van der Waals surface area contributed by atoms with E-state index in [4.69, 9.17) is 26.2 Å². The third-order valence-corrected chi connectivity index (χ3v) is 2.63. The molecule has 3 nitrogen and oxygen atoms in total. The molecule has 1 aliphatic heterocycles. The summed E-state index contributed by atoms with van der Waals surface area (Å²) in [6.07, 6.45) is 0.789. The van der Waals surface area contributed by atoms with E-state index in [1.54, 1.807) is 6.07 Å². The summed E-state index contributed by atoms with van der Waals surface area (Å²) in [5.41, 5.74) is 0.0533. The van der Waals surface area contributed by atoms with Crippen LogP contribution in [0.4, 0.5) is 4.39 Å². The van der Waals surface area contributed by atoms with Gasteiger partial charge in [-0.1, -0.05) is 17.7 Å². The number of nitriles is 1. The van der Waals surface area contributed by atoms with Crippen molar-refractivity contribution in [3.8, 4) is 6.07 Å². The summed E-state index contributed by atoms with van der Waals surface area (Å²) in [5.74, 6) is -0.665.